The molecule has 0 aromatic heterocycles. The molecule has 0 saturated heterocycles. The van der Waals surface area contributed by atoms with Crippen LogP contribution >= 0.6 is 0 Å². The second-order valence-electron chi connectivity index (χ2n) is 5.36. The number of nitrogens with zero attached hydrogens (tertiary/aromatic N) is 2. The smallest absolute Gasteiger partial charge is 0.269 e. The molecule has 0 atom stereocenters. The van der Waals surface area contributed by atoms with Crippen LogP contribution in [-0.2, 0) is 12.8 Å². The van der Waals surface area contributed by atoms with Crippen LogP contribution in [0, 0.1) is 10.1 Å². The van der Waals surface area contributed by atoms with Crippen LogP contribution in [0.25, 0.3) is 0 Å². The van der Waals surface area contributed by atoms with E-state index < -0.39 is 4.92 Å². The van der Waals surface area contributed by atoms with E-state index in [1.54, 1.807) is 0 Å². The van der Waals surface area contributed by atoms with Crippen molar-refractivity contribution in [1.82, 2.24) is 4.90 Å². The van der Waals surface area contributed by atoms with Gasteiger partial charge in [-0.2, -0.15) is 0 Å². The zero-order chi connectivity index (χ0) is 15.5. The van der Waals surface area contributed by atoms with Crippen molar-refractivity contribution in [1.29, 1.82) is 0 Å². The number of amides is 1. The number of carbonyl (C=O) groups excluding carboxylic acids is 1. The Balaban J connectivity index is 1.75. The van der Waals surface area contributed by atoms with E-state index in [1.807, 2.05) is 17.0 Å². The molecule has 1 heterocycles. The summed E-state index contributed by atoms with van der Waals surface area (Å²) in [6.45, 7) is 1.35. The Bertz CT molecular complexity index is 683. The third kappa shape index (κ3) is 2.83. The molecule has 0 aliphatic carbocycles. The van der Waals surface area contributed by atoms with Crippen molar-refractivity contribution in [3.05, 3.63) is 75.3 Å². The van der Waals surface area contributed by atoms with Gasteiger partial charge in [0.05, 0.1) is 4.92 Å². The molecule has 3 rings (SSSR count). The number of non-ortho nitro benzene ring substituents is 1. The minimum absolute atomic E-state index is 0.000165. The molecule has 22 heavy (non-hydrogen) atoms. The first kappa shape index (κ1) is 14.3. The van der Waals surface area contributed by atoms with Gasteiger partial charge >= 0.3 is 0 Å². The standard InChI is InChI=1S/C17H16N2O3/c20-17(15-5-7-16(8-6-15)19(21)22)18-11-9-13-3-1-2-4-14(13)10-12-18/h1-8H,9-12H2. The number of fused-ring (bicyclic) bond motifs is 1. The molecule has 2 aromatic rings. The Labute approximate surface area is 128 Å². The lowest BCUT2D eigenvalue weighted by atomic mass is 10.0. The third-order valence-corrected chi connectivity index (χ3v) is 4.03. The van der Waals surface area contributed by atoms with E-state index in [1.165, 1.54) is 35.4 Å². The summed E-state index contributed by atoms with van der Waals surface area (Å²) < 4.78 is 0. The van der Waals surface area contributed by atoms with Gasteiger partial charge in [-0.3, -0.25) is 14.9 Å². The lowest BCUT2D eigenvalue weighted by Crippen LogP contribution is -2.33. The van der Waals surface area contributed by atoms with Gasteiger partial charge in [-0.15, -0.1) is 0 Å². The SMILES string of the molecule is O=C(c1ccc([N+](=O)[O-])cc1)N1CCc2ccccc2CC1. The van der Waals surface area contributed by atoms with Crippen molar-refractivity contribution in [2.45, 2.75) is 12.8 Å². The first-order valence-corrected chi connectivity index (χ1v) is 7.25. The molecule has 112 valence electrons. The van der Waals surface area contributed by atoms with E-state index in [4.69, 9.17) is 0 Å². The molecule has 5 heteroatoms. The summed E-state index contributed by atoms with van der Waals surface area (Å²) in [5.41, 5.74) is 3.08. The summed E-state index contributed by atoms with van der Waals surface area (Å²) in [7, 11) is 0. The maximum absolute atomic E-state index is 12.5. The number of nitro groups is 1. The van der Waals surface area contributed by atoms with E-state index >= 15 is 0 Å². The van der Waals surface area contributed by atoms with E-state index in [2.05, 4.69) is 12.1 Å². The highest BCUT2D eigenvalue weighted by Gasteiger charge is 2.20. The Morgan fingerprint density at radius 2 is 1.50 bits per heavy atom. The molecule has 0 N–H and O–H groups in total. The van der Waals surface area contributed by atoms with Gasteiger partial charge in [-0.1, -0.05) is 24.3 Å². The minimum atomic E-state index is -0.461. The number of carbonyl (C=O) groups is 1. The van der Waals surface area contributed by atoms with Crippen molar-refractivity contribution in [3.8, 4) is 0 Å². The molecule has 1 aliphatic heterocycles. The third-order valence-electron chi connectivity index (χ3n) is 4.03. The minimum Gasteiger partial charge on any atom is -0.338 e. The highest BCUT2D eigenvalue weighted by atomic mass is 16.6. The predicted octanol–water partition coefficient (Wildman–Crippen LogP) is 2.84. The highest BCUT2D eigenvalue weighted by Crippen LogP contribution is 2.18. The van der Waals surface area contributed by atoms with Gasteiger partial charge < -0.3 is 4.90 Å². The fraction of sp³-hybridized carbons (Fsp3) is 0.235. The Morgan fingerprint density at radius 3 is 2.00 bits per heavy atom. The summed E-state index contributed by atoms with van der Waals surface area (Å²) >= 11 is 0. The number of hydrogen-bond acceptors (Lipinski definition) is 3. The predicted molar refractivity (Wildman–Crippen MR) is 82.8 cm³/mol. The second-order valence-corrected chi connectivity index (χ2v) is 5.36. The fourth-order valence-corrected chi connectivity index (χ4v) is 2.78. The van der Waals surface area contributed by atoms with Gasteiger partial charge in [0.15, 0.2) is 0 Å². The van der Waals surface area contributed by atoms with Crippen LogP contribution in [-0.4, -0.2) is 28.8 Å². The molecule has 0 saturated carbocycles. The van der Waals surface area contributed by atoms with Crippen molar-refractivity contribution < 1.29 is 9.72 Å². The van der Waals surface area contributed by atoms with Gasteiger partial charge in [0.1, 0.15) is 0 Å². The van der Waals surface area contributed by atoms with E-state index in [0.29, 0.717) is 18.7 Å². The number of benzene rings is 2. The summed E-state index contributed by atoms with van der Waals surface area (Å²) in [5.74, 6) is -0.0669. The molecule has 0 spiro atoms. The van der Waals surface area contributed by atoms with E-state index in [-0.39, 0.29) is 11.6 Å². The second kappa shape index (κ2) is 5.97. The average molecular weight is 296 g/mol. The largest absolute Gasteiger partial charge is 0.338 e. The van der Waals surface area contributed by atoms with Gasteiger partial charge in [0.25, 0.3) is 11.6 Å². The molecule has 0 unspecified atom stereocenters. The summed E-state index contributed by atoms with van der Waals surface area (Å²) in [6, 6.07) is 14.1. The van der Waals surface area contributed by atoms with Crippen LogP contribution in [0.2, 0.25) is 0 Å². The first-order chi connectivity index (χ1) is 10.6. The van der Waals surface area contributed by atoms with Crippen molar-refractivity contribution in [2.75, 3.05) is 13.1 Å². The Kier molecular flexibility index (Phi) is 3.87. The van der Waals surface area contributed by atoms with E-state index in [9.17, 15) is 14.9 Å². The average Bonchev–Trinajstić information content (AvgIpc) is 2.77. The van der Waals surface area contributed by atoms with Crippen LogP contribution in [0.15, 0.2) is 48.5 Å². The topological polar surface area (TPSA) is 63.4 Å². The van der Waals surface area contributed by atoms with E-state index in [0.717, 1.165) is 12.8 Å². The van der Waals surface area contributed by atoms with Crippen LogP contribution in [0.4, 0.5) is 5.69 Å². The zero-order valence-electron chi connectivity index (χ0n) is 12.1. The Hall–Kier alpha value is -2.69. The summed E-state index contributed by atoms with van der Waals surface area (Å²) in [4.78, 5) is 24.6. The normalized spacial score (nSPS) is 14.1. The molecule has 2 aromatic carbocycles. The molecule has 0 radical (unpaired) electrons. The van der Waals surface area contributed by atoms with Crippen molar-refractivity contribution >= 4 is 11.6 Å². The molecule has 0 bridgehead atoms. The molecule has 5 nitrogen and oxygen atoms in total. The van der Waals surface area contributed by atoms with Crippen molar-refractivity contribution in [2.24, 2.45) is 0 Å². The highest BCUT2D eigenvalue weighted by molar-refractivity contribution is 5.94. The maximum Gasteiger partial charge on any atom is 0.269 e. The first-order valence-electron chi connectivity index (χ1n) is 7.25. The monoisotopic (exact) mass is 296 g/mol. The lowest BCUT2D eigenvalue weighted by molar-refractivity contribution is -0.384. The summed E-state index contributed by atoms with van der Waals surface area (Å²) in [5, 5.41) is 10.7. The van der Waals surface area contributed by atoms with Gasteiger partial charge in [-0.05, 0) is 36.1 Å². The number of hydrogen-bond donors (Lipinski definition) is 0. The van der Waals surface area contributed by atoms with Crippen LogP contribution in [0.5, 0.6) is 0 Å². The fourth-order valence-electron chi connectivity index (χ4n) is 2.78. The van der Waals surface area contributed by atoms with Crippen molar-refractivity contribution in [3.63, 3.8) is 0 Å². The maximum atomic E-state index is 12.5. The van der Waals surface area contributed by atoms with Gasteiger partial charge in [-0.25, -0.2) is 0 Å². The lowest BCUT2D eigenvalue weighted by Gasteiger charge is -2.20. The van der Waals surface area contributed by atoms with Crippen LogP contribution in [0.3, 0.4) is 0 Å². The Morgan fingerprint density at radius 1 is 0.955 bits per heavy atom. The van der Waals surface area contributed by atoms with Gasteiger partial charge in [0, 0.05) is 30.8 Å². The quantitative estimate of drug-likeness (QED) is 0.632. The number of rotatable bonds is 2. The van der Waals surface area contributed by atoms with Crippen LogP contribution < -0.4 is 0 Å². The molecular weight excluding hydrogens is 280 g/mol. The molecule has 1 amide bonds. The molecule has 1 aliphatic rings. The van der Waals surface area contributed by atoms with Gasteiger partial charge in [0.2, 0.25) is 0 Å². The molecule has 0 fully saturated rings. The summed E-state index contributed by atoms with van der Waals surface area (Å²) in [6.07, 6.45) is 1.68. The zero-order valence-corrected chi connectivity index (χ0v) is 12.1. The number of nitro benzene ring substituents is 1. The molecular formula is C17H16N2O3. The van der Waals surface area contributed by atoms with Crippen LogP contribution in [0.1, 0.15) is 21.5 Å².